The van der Waals surface area contributed by atoms with Crippen LogP contribution in [0.1, 0.15) is 104 Å². The van der Waals surface area contributed by atoms with Gasteiger partial charge in [0.25, 0.3) is 0 Å². The highest BCUT2D eigenvalue weighted by atomic mass is 28.2. The smallest absolute Gasteiger partial charge is 0.204 e. The van der Waals surface area contributed by atoms with Crippen molar-refractivity contribution in [3.63, 3.8) is 0 Å². The molecule has 0 heterocycles. The zero-order valence-electron chi connectivity index (χ0n) is 20.5. The van der Waals surface area contributed by atoms with Crippen LogP contribution in [0.5, 0.6) is 5.75 Å². The quantitative estimate of drug-likeness (QED) is 0.211. The van der Waals surface area contributed by atoms with Crippen molar-refractivity contribution in [3.05, 3.63) is 41.0 Å². The SMILES string of the molecule is CC(=CCc1c(C)cccc1O[SiH3])CCCC(C)CCCC(C)CCCC(C)C. The normalized spacial score (nSPS) is 14.4. The Labute approximate surface area is 185 Å². The molecule has 0 spiro atoms. The molecule has 2 atom stereocenters. The fraction of sp³-hybridized carbons (Fsp3) is 0.704. The second kappa shape index (κ2) is 14.9. The Morgan fingerprint density at radius 1 is 0.931 bits per heavy atom. The zero-order chi connectivity index (χ0) is 21.6. The average molecular weight is 417 g/mol. The van der Waals surface area contributed by atoms with Gasteiger partial charge in [-0.25, -0.2) is 0 Å². The lowest BCUT2D eigenvalue weighted by molar-refractivity contribution is 0.389. The minimum absolute atomic E-state index is 0.754. The third-order valence-corrected chi connectivity index (χ3v) is 6.82. The molecule has 2 unspecified atom stereocenters. The molecular weight excluding hydrogens is 368 g/mol. The fourth-order valence-electron chi connectivity index (χ4n) is 4.21. The first kappa shape index (κ1) is 26.0. The Kier molecular flexibility index (Phi) is 13.3. The molecule has 2 heteroatoms. The minimum atomic E-state index is 0.754. The van der Waals surface area contributed by atoms with Gasteiger partial charge in [-0.05, 0) is 68.1 Å². The van der Waals surface area contributed by atoms with Gasteiger partial charge in [0.2, 0.25) is 10.5 Å². The van der Waals surface area contributed by atoms with E-state index >= 15 is 0 Å². The van der Waals surface area contributed by atoms with Crippen LogP contribution in [0.25, 0.3) is 0 Å². The summed E-state index contributed by atoms with van der Waals surface area (Å²) in [5, 5.41) is 0. The Morgan fingerprint density at radius 3 is 2.10 bits per heavy atom. The number of allylic oxidation sites excluding steroid dienone is 2. The summed E-state index contributed by atoms with van der Waals surface area (Å²) in [4.78, 5) is 0. The van der Waals surface area contributed by atoms with Crippen molar-refractivity contribution in [2.45, 2.75) is 106 Å². The van der Waals surface area contributed by atoms with E-state index in [2.05, 4.69) is 65.8 Å². The Bertz CT molecular complexity index is 590. The van der Waals surface area contributed by atoms with E-state index < -0.39 is 0 Å². The molecule has 1 rings (SSSR count). The molecule has 0 bridgehead atoms. The first-order valence-corrected chi connectivity index (χ1v) is 12.9. The van der Waals surface area contributed by atoms with Gasteiger partial charge in [-0.2, -0.15) is 0 Å². The summed E-state index contributed by atoms with van der Waals surface area (Å²) in [5.74, 6) is 3.72. The number of hydrogen-bond donors (Lipinski definition) is 0. The summed E-state index contributed by atoms with van der Waals surface area (Å²) in [6.45, 7) is 14.1. The lowest BCUT2D eigenvalue weighted by Crippen LogP contribution is -2.00. The summed E-state index contributed by atoms with van der Waals surface area (Å²) in [6.07, 6.45) is 15.8. The number of aryl methyl sites for hydroxylation is 1. The van der Waals surface area contributed by atoms with Gasteiger partial charge in [0.05, 0.1) is 0 Å². The summed E-state index contributed by atoms with van der Waals surface area (Å²) < 4.78 is 5.67. The molecule has 0 saturated carbocycles. The fourth-order valence-corrected chi connectivity index (χ4v) is 4.60. The Morgan fingerprint density at radius 2 is 1.52 bits per heavy atom. The first-order valence-electron chi connectivity index (χ1n) is 12.1. The maximum Gasteiger partial charge on any atom is 0.204 e. The van der Waals surface area contributed by atoms with Crippen molar-refractivity contribution in [1.29, 1.82) is 0 Å². The molecule has 0 aromatic heterocycles. The van der Waals surface area contributed by atoms with Crippen LogP contribution in [0.4, 0.5) is 0 Å². The number of benzene rings is 1. The molecule has 1 aromatic carbocycles. The van der Waals surface area contributed by atoms with E-state index in [1.165, 1.54) is 74.5 Å². The van der Waals surface area contributed by atoms with E-state index in [-0.39, 0.29) is 0 Å². The van der Waals surface area contributed by atoms with Crippen molar-refractivity contribution < 1.29 is 4.43 Å². The lowest BCUT2D eigenvalue weighted by Gasteiger charge is -2.15. The van der Waals surface area contributed by atoms with E-state index in [4.69, 9.17) is 4.43 Å². The van der Waals surface area contributed by atoms with Crippen LogP contribution in [0.15, 0.2) is 29.8 Å². The van der Waals surface area contributed by atoms with Gasteiger partial charge in [0, 0.05) is 0 Å². The van der Waals surface area contributed by atoms with Crippen LogP contribution < -0.4 is 4.43 Å². The van der Waals surface area contributed by atoms with Crippen LogP contribution in [-0.4, -0.2) is 10.5 Å². The molecule has 0 N–H and O–H groups in total. The molecule has 0 saturated heterocycles. The highest BCUT2D eigenvalue weighted by molar-refractivity contribution is 6.00. The molecule has 0 aliphatic rings. The summed E-state index contributed by atoms with van der Waals surface area (Å²) in [7, 11) is 0.754. The molecule has 166 valence electrons. The van der Waals surface area contributed by atoms with Crippen LogP contribution in [0.2, 0.25) is 0 Å². The van der Waals surface area contributed by atoms with E-state index in [1.807, 2.05) is 0 Å². The van der Waals surface area contributed by atoms with Gasteiger partial charge in [-0.1, -0.05) is 96.4 Å². The number of rotatable bonds is 15. The minimum Gasteiger partial charge on any atom is -0.553 e. The van der Waals surface area contributed by atoms with Gasteiger partial charge < -0.3 is 4.43 Å². The van der Waals surface area contributed by atoms with Gasteiger partial charge in [0.1, 0.15) is 5.75 Å². The van der Waals surface area contributed by atoms with E-state index in [1.54, 1.807) is 0 Å². The summed E-state index contributed by atoms with van der Waals surface area (Å²) in [5.41, 5.74) is 4.23. The molecule has 29 heavy (non-hydrogen) atoms. The third-order valence-electron chi connectivity index (χ3n) is 6.38. The van der Waals surface area contributed by atoms with Crippen molar-refractivity contribution in [1.82, 2.24) is 0 Å². The molecule has 0 aliphatic carbocycles. The van der Waals surface area contributed by atoms with E-state index in [9.17, 15) is 0 Å². The predicted molar refractivity (Wildman–Crippen MR) is 134 cm³/mol. The third kappa shape index (κ3) is 11.7. The molecule has 1 nitrogen and oxygen atoms in total. The van der Waals surface area contributed by atoms with Crippen LogP contribution in [0.3, 0.4) is 0 Å². The summed E-state index contributed by atoms with van der Waals surface area (Å²) >= 11 is 0. The van der Waals surface area contributed by atoms with Crippen LogP contribution in [0, 0.1) is 24.7 Å². The number of hydrogen-bond acceptors (Lipinski definition) is 1. The van der Waals surface area contributed by atoms with Crippen molar-refractivity contribution in [2.24, 2.45) is 17.8 Å². The van der Waals surface area contributed by atoms with Gasteiger partial charge >= 0.3 is 0 Å². The maximum absolute atomic E-state index is 5.67. The monoisotopic (exact) mass is 416 g/mol. The van der Waals surface area contributed by atoms with Crippen molar-refractivity contribution in [2.75, 3.05) is 0 Å². The van der Waals surface area contributed by atoms with Gasteiger partial charge in [-0.15, -0.1) is 0 Å². The second-order valence-corrected chi connectivity index (χ2v) is 10.3. The van der Waals surface area contributed by atoms with Crippen molar-refractivity contribution >= 4 is 10.5 Å². The molecule has 0 amide bonds. The molecule has 0 aliphatic heterocycles. The van der Waals surface area contributed by atoms with E-state index in [0.29, 0.717) is 0 Å². The molecule has 0 radical (unpaired) electrons. The topological polar surface area (TPSA) is 9.23 Å². The Hall–Kier alpha value is -1.02. The molecule has 0 fully saturated rings. The van der Waals surface area contributed by atoms with Crippen molar-refractivity contribution in [3.8, 4) is 5.75 Å². The van der Waals surface area contributed by atoms with Gasteiger partial charge in [0.15, 0.2) is 0 Å². The largest absolute Gasteiger partial charge is 0.553 e. The molecular formula is C27H48OSi. The molecule has 1 aromatic rings. The zero-order valence-corrected chi connectivity index (χ0v) is 22.5. The van der Waals surface area contributed by atoms with Gasteiger partial charge in [-0.3, -0.25) is 0 Å². The first-order chi connectivity index (χ1) is 13.8. The lowest BCUT2D eigenvalue weighted by atomic mass is 9.91. The average Bonchev–Trinajstić information content (AvgIpc) is 2.66. The highest BCUT2D eigenvalue weighted by Gasteiger charge is 2.07. The predicted octanol–water partition coefficient (Wildman–Crippen LogP) is 7.58. The standard InChI is InChI=1S/C27H48OSi/c1-21(2)11-7-12-22(3)13-8-14-23(4)15-9-16-24(5)19-20-26-25(6)17-10-18-27(26)28-29/h10,17-19,21-23H,7-9,11-16,20H2,1-6,29H3. The van der Waals surface area contributed by atoms with Crippen LogP contribution in [-0.2, 0) is 6.42 Å². The highest BCUT2D eigenvalue weighted by Crippen LogP contribution is 2.24. The second-order valence-electron chi connectivity index (χ2n) is 9.87. The van der Waals surface area contributed by atoms with Crippen LogP contribution >= 0.6 is 0 Å². The Balaban J connectivity index is 2.22. The summed E-state index contributed by atoms with van der Waals surface area (Å²) in [6, 6.07) is 6.39. The maximum atomic E-state index is 5.67. The van der Waals surface area contributed by atoms with E-state index in [0.717, 1.165) is 40.4 Å².